The molecule has 0 aliphatic rings. The lowest BCUT2D eigenvalue weighted by atomic mass is 9.96. The lowest BCUT2D eigenvalue weighted by Gasteiger charge is -2.08. The lowest BCUT2D eigenvalue weighted by molar-refractivity contribution is 1.70. The molecule has 0 amide bonds. The molecular weight excluding hydrogens is 308 g/mol. The topological polar surface area (TPSA) is 0 Å². The fraction of sp³-hybridized carbons (Fsp3) is 0.0435. The largest absolute Gasteiger partial charge is 0.144 e. The Balaban J connectivity index is 1.89. The number of fused-ring (bicyclic) bond motifs is 6. The van der Waals surface area contributed by atoms with E-state index in [9.17, 15) is 0 Å². The van der Waals surface area contributed by atoms with E-state index < -0.39 is 0 Å². The highest BCUT2D eigenvalue weighted by atomic mass is 32.1. The molecule has 0 aliphatic carbocycles. The standard InChI is InChI=1S/C23H16S/c1-2-3-15-4-5-16-14-22-17(13-18(16)12-15)6-7-19-20(22)8-9-23-21(19)10-11-24-23/h2-14H,1H3. The van der Waals surface area contributed by atoms with Crippen LogP contribution in [0, 0.1) is 0 Å². The monoisotopic (exact) mass is 324 g/mol. The SMILES string of the molecule is CC=Cc1ccc2cc3c(ccc4c5ccsc5ccc34)cc2c1. The van der Waals surface area contributed by atoms with Crippen LogP contribution in [0.2, 0.25) is 0 Å². The molecule has 4 aromatic carbocycles. The van der Waals surface area contributed by atoms with Gasteiger partial charge in [0.1, 0.15) is 0 Å². The normalized spacial score (nSPS) is 12.2. The first kappa shape index (κ1) is 13.8. The first-order chi connectivity index (χ1) is 11.8. The number of hydrogen-bond acceptors (Lipinski definition) is 1. The van der Waals surface area contributed by atoms with Crippen molar-refractivity contribution >= 4 is 59.8 Å². The number of benzene rings is 4. The van der Waals surface area contributed by atoms with Gasteiger partial charge in [-0.3, -0.25) is 0 Å². The van der Waals surface area contributed by atoms with Crippen LogP contribution in [0.1, 0.15) is 12.5 Å². The molecule has 0 bridgehead atoms. The molecule has 114 valence electrons. The van der Waals surface area contributed by atoms with Crippen LogP contribution >= 0.6 is 11.3 Å². The van der Waals surface area contributed by atoms with Gasteiger partial charge in [0, 0.05) is 10.1 Å². The van der Waals surface area contributed by atoms with Gasteiger partial charge in [0.15, 0.2) is 0 Å². The van der Waals surface area contributed by atoms with Gasteiger partial charge in [0.2, 0.25) is 0 Å². The van der Waals surface area contributed by atoms with Crippen molar-refractivity contribution in [2.24, 2.45) is 0 Å². The molecule has 0 unspecified atom stereocenters. The average Bonchev–Trinajstić information content (AvgIpc) is 3.09. The third kappa shape index (κ3) is 1.98. The van der Waals surface area contributed by atoms with E-state index in [-0.39, 0.29) is 0 Å². The Labute approximate surface area is 144 Å². The van der Waals surface area contributed by atoms with E-state index in [0.717, 1.165) is 0 Å². The Morgan fingerprint density at radius 1 is 0.667 bits per heavy atom. The number of allylic oxidation sites excluding steroid dienone is 1. The van der Waals surface area contributed by atoms with Gasteiger partial charge in [0.05, 0.1) is 0 Å². The molecule has 24 heavy (non-hydrogen) atoms. The molecule has 0 aliphatic heterocycles. The molecular formula is C23H16S. The van der Waals surface area contributed by atoms with Gasteiger partial charge in [0.25, 0.3) is 0 Å². The summed E-state index contributed by atoms with van der Waals surface area (Å²) in [6.45, 7) is 2.06. The maximum atomic E-state index is 2.34. The summed E-state index contributed by atoms with van der Waals surface area (Å²) in [7, 11) is 0. The van der Waals surface area contributed by atoms with Crippen LogP contribution in [0.15, 0.2) is 72.1 Å². The lowest BCUT2D eigenvalue weighted by Crippen LogP contribution is -1.81. The Morgan fingerprint density at radius 3 is 2.42 bits per heavy atom. The Bertz CT molecular complexity index is 1250. The van der Waals surface area contributed by atoms with Crippen molar-refractivity contribution < 1.29 is 0 Å². The van der Waals surface area contributed by atoms with Gasteiger partial charge in [-0.1, -0.05) is 42.5 Å². The molecule has 0 atom stereocenters. The van der Waals surface area contributed by atoms with Crippen molar-refractivity contribution in [2.45, 2.75) is 6.92 Å². The first-order valence-corrected chi connectivity index (χ1v) is 9.10. The van der Waals surface area contributed by atoms with Crippen molar-refractivity contribution in [3.05, 3.63) is 77.7 Å². The molecule has 0 saturated carbocycles. The molecule has 1 heterocycles. The molecule has 1 aromatic heterocycles. The minimum absolute atomic E-state index is 1.25. The fourth-order valence-corrected chi connectivity index (χ4v) is 4.46. The Morgan fingerprint density at radius 2 is 1.50 bits per heavy atom. The zero-order valence-electron chi connectivity index (χ0n) is 13.4. The summed E-state index contributed by atoms with van der Waals surface area (Å²) < 4.78 is 1.36. The molecule has 5 aromatic rings. The third-order valence-corrected chi connectivity index (χ3v) is 5.67. The minimum atomic E-state index is 1.25. The van der Waals surface area contributed by atoms with Gasteiger partial charge in [-0.05, 0) is 80.5 Å². The van der Waals surface area contributed by atoms with Crippen molar-refractivity contribution in [1.29, 1.82) is 0 Å². The predicted molar refractivity (Wildman–Crippen MR) is 109 cm³/mol. The highest BCUT2D eigenvalue weighted by molar-refractivity contribution is 7.17. The van der Waals surface area contributed by atoms with Gasteiger partial charge < -0.3 is 0 Å². The van der Waals surface area contributed by atoms with Crippen LogP contribution in [0.4, 0.5) is 0 Å². The van der Waals surface area contributed by atoms with E-state index >= 15 is 0 Å². The number of hydrogen-bond donors (Lipinski definition) is 0. The van der Waals surface area contributed by atoms with E-state index in [4.69, 9.17) is 0 Å². The molecule has 0 fully saturated rings. The van der Waals surface area contributed by atoms with Crippen molar-refractivity contribution in [3.8, 4) is 0 Å². The van der Waals surface area contributed by atoms with Crippen LogP contribution in [-0.2, 0) is 0 Å². The van der Waals surface area contributed by atoms with Gasteiger partial charge in [-0.15, -0.1) is 11.3 Å². The second-order valence-electron chi connectivity index (χ2n) is 6.24. The zero-order valence-corrected chi connectivity index (χ0v) is 14.2. The molecule has 0 saturated heterocycles. The Kier molecular flexibility index (Phi) is 2.97. The number of rotatable bonds is 1. The Hall–Kier alpha value is -2.64. The number of thiophene rings is 1. The molecule has 0 N–H and O–H groups in total. The summed E-state index contributed by atoms with van der Waals surface area (Å²) in [6, 6.07) is 22.6. The smallest absolute Gasteiger partial charge is 0.0349 e. The summed E-state index contributed by atoms with van der Waals surface area (Å²) >= 11 is 1.81. The third-order valence-electron chi connectivity index (χ3n) is 4.79. The van der Waals surface area contributed by atoms with Crippen LogP contribution < -0.4 is 0 Å². The fourth-order valence-electron chi connectivity index (χ4n) is 3.66. The van der Waals surface area contributed by atoms with Crippen molar-refractivity contribution in [3.63, 3.8) is 0 Å². The minimum Gasteiger partial charge on any atom is -0.144 e. The molecule has 5 rings (SSSR count). The highest BCUT2D eigenvalue weighted by Gasteiger charge is 2.07. The zero-order chi connectivity index (χ0) is 16.1. The molecule has 1 heteroatoms. The van der Waals surface area contributed by atoms with E-state index in [2.05, 4.69) is 85.1 Å². The molecule has 0 radical (unpaired) electrons. The summed E-state index contributed by atoms with van der Waals surface area (Å²) in [6.07, 6.45) is 4.24. The van der Waals surface area contributed by atoms with E-state index in [1.807, 2.05) is 11.3 Å². The quantitative estimate of drug-likeness (QED) is 0.223. The van der Waals surface area contributed by atoms with Crippen LogP contribution in [0.5, 0.6) is 0 Å². The van der Waals surface area contributed by atoms with E-state index in [1.54, 1.807) is 0 Å². The van der Waals surface area contributed by atoms with E-state index in [0.29, 0.717) is 0 Å². The second kappa shape index (κ2) is 5.19. The van der Waals surface area contributed by atoms with Crippen LogP contribution in [-0.4, -0.2) is 0 Å². The second-order valence-corrected chi connectivity index (χ2v) is 7.19. The van der Waals surface area contributed by atoms with E-state index in [1.165, 1.54) is 48.0 Å². The maximum Gasteiger partial charge on any atom is 0.0349 e. The highest BCUT2D eigenvalue weighted by Crippen LogP contribution is 2.35. The maximum absolute atomic E-state index is 2.34. The van der Waals surface area contributed by atoms with Crippen LogP contribution in [0.3, 0.4) is 0 Å². The van der Waals surface area contributed by atoms with Crippen molar-refractivity contribution in [2.75, 3.05) is 0 Å². The van der Waals surface area contributed by atoms with Crippen molar-refractivity contribution in [1.82, 2.24) is 0 Å². The summed E-state index contributed by atoms with van der Waals surface area (Å²) in [5, 5.41) is 11.5. The summed E-state index contributed by atoms with van der Waals surface area (Å²) in [5.74, 6) is 0. The van der Waals surface area contributed by atoms with Gasteiger partial charge in [-0.2, -0.15) is 0 Å². The van der Waals surface area contributed by atoms with Gasteiger partial charge in [-0.25, -0.2) is 0 Å². The first-order valence-electron chi connectivity index (χ1n) is 8.23. The van der Waals surface area contributed by atoms with Gasteiger partial charge >= 0.3 is 0 Å². The average molecular weight is 324 g/mol. The van der Waals surface area contributed by atoms with Crippen LogP contribution in [0.25, 0.3) is 48.5 Å². The summed E-state index contributed by atoms with van der Waals surface area (Å²) in [5.41, 5.74) is 1.25. The molecule has 0 spiro atoms. The summed E-state index contributed by atoms with van der Waals surface area (Å²) in [4.78, 5) is 0. The predicted octanol–water partition coefficient (Wildman–Crippen LogP) is 7.39. The molecule has 0 nitrogen and oxygen atoms in total.